The van der Waals surface area contributed by atoms with E-state index in [-0.39, 0.29) is 5.69 Å². The molecule has 3 rings (SSSR count). The standard InChI is InChI=1S/C13H19N3O3/c1-2-18-12(17)11-8-19-13(15-11)16-6-5-9-3-4-10(7-16)14-9/h8-10,14H,2-7H2,1H3. The van der Waals surface area contributed by atoms with Gasteiger partial charge in [0, 0.05) is 25.2 Å². The second kappa shape index (κ2) is 5.21. The number of anilines is 1. The Labute approximate surface area is 112 Å². The van der Waals surface area contributed by atoms with Crippen molar-refractivity contribution in [3.8, 4) is 0 Å². The Bertz CT molecular complexity index is 460. The third-order valence-electron chi connectivity index (χ3n) is 3.77. The molecule has 6 nitrogen and oxygen atoms in total. The summed E-state index contributed by atoms with van der Waals surface area (Å²) in [5.41, 5.74) is 0.249. The first-order chi connectivity index (χ1) is 9.26. The lowest BCUT2D eigenvalue weighted by Gasteiger charge is -2.21. The summed E-state index contributed by atoms with van der Waals surface area (Å²) in [4.78, 5) is 17.9. The molecule has 2 unspecified atom stereocenters. The van der Waals surface area contributed by atoms with Crippen molar-refractivity contribution < 1.29 is 13.9 Å². The predicted molar refractivity (Wildman–Crippen MR) is 69.2 cm³/mol. The van der Waals surface area contributed by atoms with Crippen LogP contribution in [0.2, 0.25) is 0 Å². The highest BCUT2D eigenvalue weighted by atomic mass is 16.5. The molecule has 0 radical (unpaired) electrons. The van der Waals surface area contributed by atoms with Gasteiger partial charge in [-0.1, -0.05) is 0 Å². The minimum Gasteiger partial charge on any atom is -0.461 e. The zero-order valence-electron chi connectivity index (χ0n) is 11.1. The number of nitrogens with zero attached hydrogens (tertiary/aromatic N) is 2. The van der Waals surface area contributed by atoms with E-state index in [2.05, 4.69) is 15.2 Å². The second-order valence-corrected chi connectivity index (χ2v) is 5.11. The number of fused-ring (bicyclic) bond motifs is 2. The Morgan fingerprint density at radius 3 is 3.21 bits per heavy atom. The van der Waals surface area contributed by atoms with Gasteiger partial charge in [0.05, 0.1) is 6.61 Å². The number of hydrogen-bond acceptors (Lipinski definition) is 6. The van der Waals surface area contributed by atoms with Crippen molar-refractivity contribution in [1.29, 1.82) is 0 Å². The summed E-state index contributed by atoms with van der Waals surface area (Å²) in [6.07, 6.45) is 4.93. The maximum Gasteiger partial charge on any atom is 0.360 e. The van der Waals surface area contributed by atoms with Crippen molar-refractivity contribution in [3.63, 3.8) is 0 Å². The van der Waals surface area contributed by atoms with Crippen LogP contribution in [0.3, 0.4) is 0 Å². The van der Waals surface area contributed by atoms with Gasteiger partial charge in [-0.15, -0.1) is 0 Å². The number of hydrogen-bond donors (Lipinski definition) is 1. The van der Waals surface area contributed by atoms with Crippen LogP contribution in [0.4, 0.5) is 6.01 Å². The van der Waals surface area contributed by atoms with Crippen molar-refractivity contribution in [1.82, 2.24) is 10.3 Å². The molecule has 1 N–H and O–H groups in total. The highest BCUT2D eigenvalue weighted by molar-refractivity contribution is 5.87. The van der Waals surface area contributed by atoms with Gasteiger partial charge >= 0.3 is 5.97 Å². The van der Waals surface area contributed by atoms with E-state index < -0.39 is 5.97 Å². The monoisotopic (exact) mass is 265 g/mol. The molecule has 0 spiro atoms. The summed E-state index contributed by atoms with van der Waals surface area (Å²) < 4.78 is 10.3. The Hall–Kier alpha value is -1.56. The lowest BCUT2D eigenvalue weighted by molar-refractivity contribution is 0.0519. The lowest BCUT2D eigenvalue weighted by atomic mass is 10.1. The quantitative estimate of drug-likeness (QED) is 0.828. The number of esters is 1. The van der Waals surface area contributed by atoms with E-state index in [4.69, 9.17) is 9.15 Å². The fourth-order valence-electron chi connectivity index (χ4n) is 2.83. The van der Waals surface area contributed by atoms with E-state index in [1.165, 1.54) is 19.1 Å². The normalized spacial score (nSPS) is 26.3. The Kier molecular flexibility index (Phi) is 3.42. The summed E-state index contributed by atoms with van der Waals surface area (Å²) in [5.74, 6) is -0.424. The molecular weight excluding hydrogens is 246 g/mol. The van der Waals surface area contributed by atoms with E-state index in [0.29, 0.717) is 24.7 Å². The SMILES string of the molecule is CCOC(=O)c1coc(N2CCC3CCC(C2)N3)n1. The summed E-state index contributed by atoms with van der Waals surface area (Å²) >= 11 is 0. The van der Waals surface area contributed by atoms with Crippen molar-refractivity contribution in [2.75, 3.05) is 24.6 Å². The van der Waals surface area contributed by atoms with Gasteiger partial charge in [-0.3, -0.25) is 0 Å². The number of nitrogens with one attached hydrogen (secondary N) is 1. The van der Waals surface area contributed by atoms with Gasteiger partial charge in [0.15, 0.2) is 5.69 Å². The molecule has 1 aromatic rings. The van der Waals surface area contributed by atoms with Crippen molar-refractivity contribution in [2.45, 2.75) is 38.3 Å². The van der Waals surface area contributed by atoms with Gasteiger partial charge in [-0.05, 0) is 26.2 Å². The molecule has 0 amide bonds. The molecule has 3 heterocycles. The molecule has 0 saturated carbocycles. The average molecular weight is 265 g/mol. The molecule has 19 heavy (non-hydrogen) atoms. The highest BCUT2D eigenvalue weighted by Crippen LogP contribution is 2.24. The van der Waals surface area contributed by atoms with E-state index in [1.54, 1.807) is 6.92 Å². The van der Waals surface area contributed by atoms with Crippen molar-refractivity contribution in [3.05, 3.63) is 12.0 Å². The van der Waals surface area contributed by atoms with Gasteiger partial charge in [0.1, 0.15) is 6.26 Å². The number of ether oxygens (including phenoxy) is 1. The first-order valence-electron chi connectivity index (χ1n) is 6.90. The number of aromatic nitrogens is 1. The maximum absolute atomic E-state index is 11.6. The molecular formula is C13H19N3O3. The van der Waals surface area contributed by atoms with Gasteiger partial charge in [0.25, 0.3) is 6.01 Å². The van der Waals surface area contributed by atoms with Gasteiger partial charge in [-0.2, -0.15) is 4.98 Å². The molecule has 1 aromatic heterocycles. The molecule has 2 aliphatic rings. The fraction of sp³-hybridized carbons (Fsp3) is 0.692. The summed E-state index contributed by atoms with van der Waals surface area (Å²) in [7, 11) is 0. The van der Waals surface area contributed by atoms with E-state index >= 15 is 0 Å². The van der Waals surface area contributed by atoms with Crippen LogP contribution in [-0.2, 0) is 4.74 Å². The van der Waals surface area contributed by atoms with E-state index in [0.717, 1.165) is 19.5 Å². The number of carbonyl (C=O) groups excluding carboxylic acids is 1. The average Bonchev–Trinajstić information content (AvgIpc) is 2.97. The molecule has 2 fully saturated rings. The van der Waals surface area contributed by atoms with Crippen LogP contribution in [0.5, 0.6) is 0 Å². The Morgan fingerprint density at radius 1 is 1.53 bits per heavy atom. The largest absolute Gasteiger partial charge is 0.461 e. The highest BCUT2D eigenvalue weighted by Gasteiger charge is 2.31. The minimum absolute atomic E-state index is 0.249. The Balaban J connectivity index is 1.70. The zero-order chi connectivity index (χ0) is 13.2. The van der Waals surface area contributed by atoms with Gasteiger partial charge in [0.2, 0.25) is 0 Å². The van der Waals surface area contributed by atoms with Crippen LogP contribution in [0, 0.1) is 0 Å². The van der Waals surface area contributed by atoms with Crippen LogP contribution in [0.15, 0.2) is 10.7 Å². The first-order valence-corrected chi connectivity index (χ1v) is 6.90. The molecule has 0 aromatic carbocycles. The van der Waals surface area contributed by atoms with E-state index in [1.807, 2.05) is 0 Å². The molecule has 2 aliphatic heterocycles. The molecule has 2 atom stereocenters. The number of oxazole rings is 1. The van der Waals surface area contributed by atoms with Gasteiger partial charge in [-0.25, -0.2) is 4.79 Å². The van der Waals surface area contributed by atoms with Crippen LogP contribution >= 0.6 is 0 Å². The molecule has 0 aliphatic carbocycles. The van der Waals surface area contributed by atoms with Crippen molar-refractivity contribution in [2.24, 2.45) is 0 Å². The molecule has 2 saturated heterocycles. The van der Waals surface area contributed by atoms with Crippen LogP contribution in [0.25, 0.3) is 0 Å². The summed E-state index contributed by atoms with van der Waals surface area (Å²) in [6, 6.07) is 1.65. The fourth-order valence-corrected chi connectivity index (χ4v) is 2.83. The van der Waals surface area contributed by atoms with Crippen molar-refractivity contribution >= 4 is 12.0 Å². The minimum atomic E-state index is -0.424. The number of carbonyl (C=O) groups is 1. The van der Waals surface area contributed by atoms with E-state index in [9.17, 15) is 4.79 Å². The summed E-state index contributed by atoms with van der Waals surface area (Å²) in [6.45, 7) is 3.92. The van der Waals surface area contributed by atoms with Gasteiger partial charge < -0.3 is 19.4 Å². The number of rotatable bonds is 3. The topological polar surface area (TPSA) is 67.6 Å². The van der Waals surface area contributed by atoms with Crippen LogP contribution < -0.4 is 10.2 Å². The molecule has 2 bridgehead atoms. The summed E-state index contributed by atoms with van der Waals surface area (Å²) in [5, 5.41) is 3.60. The third kappa shape index (κ3) is 2.58. The Morgan fingerprint density at radius 2 is 2.37 bits per heavy atom. The molecule has 6 heteroatoms. The predicted octanol–water partition coefficient (Wildman–Crippen LogP) is 1.18. The maximum atomic E-state index is 11.6. The smallest absolute Gasteiger partial charge is 0.360 e. The first kappa shape index (κ1) is 12.5. The molecule has 104 valence electrons. The lowest BCUT2D eigenvalue weighted by Crippen LogP contribution is -2.35. The van der Waals surface area contributed by atoms with Crippen LogP contribution in [0.1, 0.15) is 36.7 Å². The van der Waals surface area contributed by atoms with Crippen LogP contribution in [-0.4, -0.2) is 42.7 Å². The zero-order valence-corrected chi connectivity index (χ0v) is 11.1. The third-order valence-corrected chi connectivity index (χ3v) is 3.77. The second-order valence-electron chi connectivity index (χ2n) is 5.11.